The van der Waals surface area contributed by atoms with Gasteiger partial charge in [-0.15, -0.1) is 0 Å². The highest BCUT2D eigenvalue weighted by molar-refractivity contribution is 5.43. The molecule has 0 saturated heterocycles. The molecule has 1 N–H and O–H groups in total. The van der Waals surface area contributed by atoms with E-state index in [1.165, 1.54) is 0 Å². The van der Waals surface area contributed by atoms with Crippen LogP contribution in [0.4, 0.5) is 0 Å². The van der Waals surface area contributed by atoms with Crippen LogP contribution < -0.4 is 14.8 Å². The maximum atomic E-state index is 5.76. The smallest absolute Gasteiger partial charge is 0.162 e. The number of ether oxygens (including phenoxy) is 2. The lowest BCUT2D eigenvalue weighted by molar-refractivity contribution is 0.260. The zero-order valence-corrected chi connectivity index (χ0v) is 12.0. The molecule has 0 unspecified atom stereocenters. The molecular weight excluding hydrogens is 258 g/mol. The van der Waals surface area contributed by atoms with E-state index in [-0.39, 0.29) is 0 Å². The number of aryl methyl sites for hydroxylation is 1. The molecule has 1 aromatic carbocycles. The number of benzene rings is 1. The van der Waals surface area contributed by atoms with Gasteiger partial charge in [0.15, 0.2) is 11.5 Å². The molecule has 0 aliphatic carbocycles. The highest BCUT2D eigenvalue weighted by atomic mass is 16.6. The lowest BCUT2D eigenvalue weighted by Crippen LogP contribution is -2.11. The van der Waals surface area contributed by atoms with Gasteiger partial charge in [0.2, 0.25) is 0 Å². The first kappa shape index (κ1) is 14.3. The van der Waals surface area contributed by atoms with Crippen molar-refractivity contribution in [3.8, 4) is 11.5 Å². The fraction of sp³-hybridized carbons (Fsp3) is 0.429. The SMILES string of the molecule is CCNCc1ccc(OC)c(OCc2nonc2C)c1. The van der Waals surface area contributed by atoms with Crippen molar-refractivity contribution in [1.82, 2.24) is 15.6 Å². The summed E-state index contributed by atoms with van der Waals surface area (Å²) in [5.41, 5.74) is 2.55. The molecule has 1 aromatic heterocycles. The third-order valence-corrected chi connectivity index (χ3v) is 2.92. The number of rotatable bonds is 7. The number of hydrogen-bond acceptors (Lipinski definition) is 6. The van der Waals surface area contributed by atoms with E-state index >= 15 is 0 Å². The molecule has 0 bridgehead atoms. The Morgan fingerprint density at radius 2 is 2.10 bits per heavy atom. The molecule has 0 fully saturated rings. The van der Waals surface area contributed by atoms with Crippen LogP contribution in [0.1, 0.15) is 23.9 Å². The molecule has 0 aliphatic rings. The second kappa shape index (κ2) is 6.91. The number of nitrogens with one attached hydrogen (secondary N) is 1. The zero-order valence-electron chi connectivity index (χ0n) is 12.0. The summed E-state index contributed by atoms with van der Waals surface area (Å²) in [4.78, 5) is 0. The molecule has 2 rings (SSSR count). The van der Waals surface area contributed by atoms with Gasteiger partial charge in [-0.05, 0) is 31.2 Å². The van der Waals surface area contributed by atoms with Gasteiger partial charge in [0, 0.05) is 6.54 Å². The molecule has 6 heteroatoms. The summed E-state index contributed by atoms with van der Waals surface area (Å²) in [6.45, 7) is 5.92. The Kier molecular flexibility index (Phi) is 4.95. The van der Waals surface area contributed by atoms with Gasteiger partial charge < -0.3 is 14.8 Å². The Morgan fingerprint density at radius 1 is 1.25 bits per heavy atom. The molecule has 20 heavy (non-hydrogen) atoms. The van der Waals surface area contributed by atoms with Gasteiger partial charge in [0.25, 0.3) is 0 Å². The Hall–Kier alpha value is -2.08. The second-order valence-corrected chi connectivity index (χ2v) is 4.35. The molecule has 0 amide bonds. The van der Waals surface area contributed by atoms with Crippen LogP contribution in [0.5, 0.6) is 11.5 Å². The molecule has 1 heterocycles. The fourth-order valence-electron chi connectivity index (χ4n) is 1.74. The maximum absolute atomic E-state index is 5.76. The standard InChI is InChI=1S/C14H19N3O3/c1-4-15-8-11-5-6-13(18-3)14(7-11)19-9-12-10(2)16-20-17-12/h5-7,15H,4,8-9H2,1-3H3. The van der Waals surface area contributed by atoms with Crippen molar-refractivity contribution in [2.24, 2.45) is 0 Å². The number of nitrogens with zero attached hydrogens (tertiary/aromatic N) is 2. The summed E-state index contributed by atoms with van der Waals surface area (Å²) >= 11 is 0. The Bertz CT molecular complexity index is 554. The van der Waals surface area contributed by atoms with Crippen LogP contribution in [0.2, 0.25) is 0 Å². The van der Waals surface area contributed by atoms with Crippen molar-refractivity contribution < 1.29 is 14.1 Å². The highest BCUT2D eigenvalue weighted by Gasteiger charge is 2.10. The van der Waals surface area contributed by atoms with Crippen LogP contribution >= 0.6 is 0 Å². The van der Waals surface area contributed by atoms with Gasteiger partial charge in [-0.2, -0.15) is 0 Å². The first-order valence-electron chi connectivity index (χ1n) is 6.53. The molecule has 2 aromatic rings. The van der Waals surface area contributed by atoms with Crippen molar-refractivity contribution in [1.29, 1.82) is 0 Å². The predicted octanol–water partition coefficient (Wildman–Crippen LogP) is 2.08. The van der Waals surface area contributed by atoms with Gasteiger partial charge in [0.05, 0.1) is 7.11 Å². The molecular formula is C14H19N3O3. The van der Waals surface area contributed by atoms with E-state index in [1.54, 1.807) is 7.11 Å². The van der Waals surface area contributed by atoms with Gasteiger partial charge in [-0.1, -0.05) is 23.3 Å². The molecule has 0 saturated carbocycles. The molecule has 6 nitrogen and oxygen atoms in total. The molecule has 0 atom stereocenters. The monoisotopic (exact) mass is 277 g/mol. The quantitative estimate of drug-likeness (QED) is 0.835. The number of aromatic nitrogens is 2. The Morgan fingerprint density at radius 3 is 2.75 bits per heavy atom. The van der Waals surface area contributed by atoms with Crippen LogP contribution in [-0.2, 0) is 13.2 Å². The third kappa shape index (κ3) is 3.48. The first-order chi connectivity index (χ1) is 9.74. The van der Waals surface area contributed by atoms with Gasteiger partial charge in [0.1, 0.15) is 18.0 Å². The fourth-order valence-corrected chi connectivity index (χ4v) is 1.74. The molecule has 0 aliphatic heterocycles. The summed E-state index contributed by atoms with van der Waals surface area (Å²) in [5, 5.41) is 10.8. The summed E-state index contributed by atoms with van der Waals surface area (Å²) in [6.07, 6.45) is 0. The normalized spacial score (nSPS) is 10.6. The minimum atomic E-state index is 0.302. The van der Waals surface area contributed by atoms with E-state index in [9.17, 15) is 0 Å². The topological polar surface area (TPSA) is 69.4 Å². The number of methoxy groups -OCH3 is 1. The minimum absolute atomic E-state index is 0.302. The average Bonchev–Trinajstić information content (AvgIpc) is 2.88. The summed E-state index contributed by atoms with van der Waals surface area (Å²) < 4.78 is 15.7. The van der Waals surface area contributed by atoms with E-state index in [4.69, 9.17) is 9.47 Å². The highest BCUT2D eigenvalue weighted by Crippen LogP contribution is 2.28. The molecule has 108 valence electrons. The maximum Gasteiger partial charge on any atom is 0.162 e. The second-order valence-electron chi connectivity index (χ2n) is 4.35. The minimum Gasteiger partial charge on any atom is -0.493 e. The van der Waals surface area contributed by atoms with E-state index in [2.05, 4.69) is 27.2 Å². The van der Waals surface area contributed by atoms with Gasteiger partial charge in [-0.3, -0.25) is 0 Å². The van der Waals surface area contributed by atoms with Crippen molar-refractivity contribution in [2.45, 2.75) is 27.0 Å². The van der Waals surface area contributed by atoms with Gasteiger partial charge >= 0.3 is 0 Å². The van der Waals surface area contributed by atoms with Crippen LogP contribution in [0.3, 0.4) is 0 Å². The lowest BCUT2D eigenvalue weighted by Gasteiger charge is -2.11. The summed E-state index contributed by atoms with van der Waals surface area (Å²) in [5.74, 6) is 1.38. The largest absolute Gasteiger partial charge is 0.493 e. The van der Waals surface area contributed by atoms with E-state index in [0.717, 1.165) is 24.3 Å². The van der Waals surface area contributed by atoms with E-state index in [1.807, 2.05) is 25.1 Å². The van der Waals surface area contributed by atoms with Crippen molar-refractivity contribution in [3.05, 3.63) is 35.2 Å². The summed E-state index contributed by atoms with van der Waals surface area (Å²) in [7, 11) is 1.62. The van der Waals surface area contributed by atoms with Crippen LogP contribution in [0.15, 0.2) is 22.8 Å². The lowest BCUT2D eigenvalue weighted by atomic mass is 10.2. The van der Waals surface area contributed by atoms with Gasteiger partial charge in [-0.25, -0.2) is 4.63 Å². The number of hydrogen-bond donors (Lipinski definition) is 1. The molecule has 0 spiro atoms. The third-order valence-electron chi connectivity index (χ3n) is 2.92. The van der Waals surface area contributed by atoms with Crippen molar-refractivity contribution >= 4 is 0 Å². The zero-order chi connectivity index (χ0) is 14.4. The Balaban J connectivity index is 2.09. The van der Waals surface area contributed by atoms with Crippen LogP contribution in [-0.4, -0.2) is 24.0 Å². The van der Waals surface area contributed by atoms with E-state index < -0.39 is 0 Å². The first-order valence-corrected chi connectivity index (χ1v) is 6.53. The van der Waals surface area contributed by atoms with Crippen molar-refractivity contribution in [3.63, 3.8) is 0 Å². The molecule has 0 radical (unpaired) electrons. The van der Waals surface area contributed by atoms with E-state index in [0.29, 0.717) is 23.8 Å². The van der Waals surface area contributed by atoms with Crippen LogP contribution in [0, 0.1) is 6.92 Å². The average molecular weight is 277 g/mol. The van der Waals surface area contributed by atoms with Crippen molar-refractivity contribution in [2.75, 3.05) is 13.7 Å². The van der Waals surface area contributed by atoms with Crippen LogP contribution in [0.25, 0.3) is 0 Å². The predicted molar refractivity (Wildman–Crippen MR) is 73.7 cm³/mol. The summed E-state index contributed by atoms with van der Waals surface area (Å²) in [6, 6.07) is 5.87. The Labute approximate surface area is 118 Å².